The van der Waals surface area contributed by atoms with Crippen LogP contribution in [0.3, 0.4) is 0 Å². The van der Waals surface area contributed by atoms with Crippen molar-refractivity contribution in [2.24, 2.45) is 5.73 Å². The topological polar surface area (TPSA) is 56.0 Å². The summed E-state index contributed by atoms with van der Waals surface area (Å²) in [7, 11) is 0. The number of rotatable bonds is 4. The van der Waals surface area contributed by atoms with Gasteiger partial charge in [-0.2, -0.15) is 0 Å². The summed E-state index contributed by atoms with van der Waals surface area (Å²) >= 11 is 0. The smallest absolute Gasteiger partial charge is 0.217 e. The second-order valence-electron chi connectivity index (χ2n) is 2.52. The number of aromatic nitrogens is 1. The Labute approximate surface area is 71.6 Å². The average molecular weight is 163 g/mol. The van der Waals surface area contributed by atoms with Gasteiger partial charge >= 0.3 is 0 Å². The molecule has 3 heteroatoms. The number of hydrogen-bond acceptors (Lipinski definition) is 2. The van der Waals surface area contributed by atoms with Gasteiger partial charge in [0.05, 0.1) is 0 Å². The largest absolute Gasteiger partial charge is 0.370 e. The normalized spacial score (nSPS) is 9.67. The van der Waals surface area contributed by atoms with Gasteiger partial charge in [0.25, 0.3) is 0 Å². The molecule has 1 amide bonds. The molecule has 1 rings (SSSR count). The van der Waals surface area contributed by atoms with Gasteiger partial charge in [0.15, 0.2) is 0 Å². The Hall–Kier alpha value is -1.38. The van der Waals surface area contributed by atoms with Crippen molar-refractivity contribution in [2.75, 3.05) is 0 Å². The van der Waals surface area contributed by atoms with Crippen LogP contribution in [-0.4, -0.2) is 10.9 Å². The van der Waals surface area contributed by atoms with E-state index in [9.17, 15) is 4.79 Å². The summed E-state index contributed by atoms with van der Waals surface area (Å²) < 4.78 is 0. The molecule has 0 aliphatic heterocycles. The summed E-state index contributed by atoms with van der Waals surface area (Å²) in [6, 6.07) is 3.83. The van der Waals surface area contributed by atoms with E-state index in [-0.39, 0.29) is 5.91 Å². The molecule has 3 nitrogen and oxygen atoms in total. The van der Waals surface area contributed by atoms with Crippen LogP contribution in [0.5, 0.6) is 0 Å². The van der Waals surface area contributed by atoms with Gasteiger partial charge in [-0.15, -0.1) is 0 Å². The predicted octanol–water partition coefficient (Wildman–Crippen LogP) is 0.704. The van der Waals surface area contributed by atoms with Crippen LogP contribution in [-0.2, 0) is 11.2 Å². The fourth-order valence-corrected chi connectivity index (χ4v) is 0.900. The van der Waals surface area contributed by atoms with Crippen molar-refractivity contribution >= 4 is 5.91 Å². The second-order valence-corrected chi connectivity index (χ2v) is 2.52. The van der Waals surface area contributed by atoms with Crippen molar-refractivity contribution in [3.63, 3.8) is 0 Å². The third-order valence-corrected chi connectivity index (χ3v) is 1.45. The van der Waals surface area contributed by atoms with Crippen molar-refractivity contribution in [3.8, 4) is 0 Å². The minimum absolute atomic E-state index is 0.293. The van der Waals surface area contributed by atoms with Crippen LogP contribution < -0.4 is 5.73 Å². The number of nitrogens with two attached hydrogens (primary N) is 1. The molecular formula is C9H11N2O. The number of primary amides is 1. The SMILES string of the molecule is NC(=O)C[CH]Cc1cccnc1. The van der Waals surface area contributed by atoms with Gasteiger partial charge in [-0.3, -0.25) is 9.78 Å². The Balaban J connectivity index is 2.29. The molecular weight excluding hydrogens is 152 g/mol. The highest BCUT2D eigenvalue weighted by atomic mass is 16.1. The quantitative estimate of drug-likeness (QED) is 0.710. The van der Waals surface area contributed by atoms with E-state index in [4.69, 9.17) is 5.73 Å². The Kier molecular flexibility index (Phi) is 3.26. The van der Waals surface area contributed by atoms with Crippen molar-refractivity contribution in [2.45, 2.75) is 12.8 Å². The lowest BCUT2D eigenvalue weighted by Gasteiger charge is -1.96. The van der Waals surface area contributed by atoms with Gasteiger partial charge in [-0.05, 0) is 24.5 Å². The van der Waals surface area contributed by atoms with Gasteiger partial charge < -0.3 is 5.73 Å². The van der Waals surface area contributed by atoms with E-state index in [1.165, 1.54) is 0 Å². The number of hydrogen-bond donors (Lipinski definition) is 1. The Bertz CT molecular complexity index is 246. The molecule has 0 saturated heterocycles. The summed E-state index contributed by atoms with van der Waals surface area (Å²) in [6.45, 7) is 0. The molecule has 63 valence electrons. The minimum Gasteiger partial charge on any atom is -0.370 e. The zero-order valence-electron chi connectivity index (χ0n) is 6.73. The number of carbonyl (C=O) groups is 1. The summed E-state index contributed by atoms with van der Waals surface area (Å²) in [5.74, 6) is -0.293. The molecule has 0 aromatic carbocycles. The maximum absolute atomic E-state index is 10.4. The highest BCUT2D eigenvalue weighted by Gasteiger charge is 1.95. The number of carbonyl (C=O) groups excluding carboxylic acids is 1. The van der Waals surface area contributed by atoms with E-state index in [1.54, 1.807) is 12.4 Å². The van der Waals surface area contributed by atoms with Gasteiger partial charge in [0, 0.05) is 18.8 Å². The first-order chi connectivity index (χ1) is 5.79. The molecule has 12 heavy (non-hydrogen) atoms. The third kappa shape index (κ3) is 3.14. The molecule has 0 saturated carbocycles. The van der Waals surface area contributed by atoms with E-state index in [1.807, 2.05) is 18.6 Å². The van der Waals surface area contributed by atoms with Crippen molar-refractivity contribution in [1.29, 1.82) is 0 Å². The number of pyridine rings is 1. The van der Waals surface area contributed by atoms with Gasteiger partial charge in [-0.1, -0.05) is 6.07 Å². The molecule has 0 atom stereocenters. The first-order valence-electron chi connectivity index (χ1n) is 3.78. The lowest BCUT2D eigenvalue weighted by Crippen LogP contribution is -2.10. The van der Waals surface area contributed by atoms with Crippen LogP contribution in [0.25, 0.3) is 0 Å². The fraction of sp³-hybridized carbons (Fsp3) is 0.222. The Morgan fingerprint density at radius 2 is 2.50 bits per heavy atom. The summed E-state index contributed by atoms with van der Waals surface area (Å²) in [5, 5.41) is 0. The number of nitrogens with zero attached hydrogens (tertiary/aromatic N) is 1. The van der Waals surface area contributed by atoms with Crippen molar-refractivity contribution in [1.82, 2.24) is 4.98 Å². The molecule has 0 aliphatic carbocycles. The molecule has 1 aromatic heterocycles. The van der Waals surface area contributed by atoms with Crippen LogP contribution in [0, 0.1) is 6.42 Å². The van der Waals surface area contributed by atoms with Gasteiger partial charge in [0.2, 0.25) is 5.91 Å². The predicted molar refractivity (Wildman–Crippen MR) is 46.1 cm³/mol. The molecule has 0 bridgehead atoms. The number of amides is 1. The molecule has 0 unspecified atom stereocenters. The zero-order chi connectivity index (χ0) is 8.81. The van der Waals surface area contributed by atoms with Gasteiger partial charge in [-0.25, -0.2) is 0 Å². The fourth-order valence-electron chi connectivity index (χ4n) is 0.900. The molecule has 0 fully saturated rings. The van der Waals surface area contributed by atoms with Crippen molar-refractivity contribution in [3.05, 3.63) is 36.5 Å². The van der Waals surface area contributed by atoms with Gasteiger partial charge in [0.1, 0.15) is 0 Å². The first-order valence-corrected chi connectivity index (χ1v) is 3.78. The minimum atomic E-state index is -0.293. The molecule has 2 N–H and O–H groups in total. The second kappa shape index (κ2) is 4.49. The molecule has 0 aliphatic rings. The van der Waals surface area contributed by atoms with Crippen molar-refractivity contribution < 1.29 is 4.79 Å². The first kappa shape index (κ1) is 8.71. The van der Waals surface area contributed by atoms with Crippen LogP contribution in [0.4, 0.5) is 0 Å². The maximum Gasteiger partial charge on any atom is 0.217 e. The standard InChI is InChI=1S/C9H11N2O/c10-9(12)5-1-3-8-4-2-6-11-7-8/h1-2,4,6-7H,3,5H2,(H2,10,12). The van der Waals surface area contributed by atoms with E-state index in [2.05, 4.69) is 4.98 Å². The van der Waals surface area contributed by atoms with Crippen LogP contribution >= 0.6 is 0 Å². The zero-order valence-corrected chi connectivity index (χ0v) is 6.73. The molecule has 0 spiro atoms. The van der Waals surface area contributed by atoms with Crippen LogP contribution in [0.2, 0.25) is 0 Å². The summed E-state index contributed by atoms with van der Waals surface area (Å²) in [5.41, 5.74) is 6.07. The third-order valence-electron chi connectivity index (χ3n) is 1.45. The lowest BCUT2D eigenvalue weighted by atomic mass is 10.1. The summed E-state index contributed by atoms with van der Waals surface area (Å²) in [6.07, 6.45) is 6.42. The highest BCUT2D eigenvalue weighted by Crippen LogP contribution is 2.00. The maximum atomic E-state index is 10.4. The molecule has 1 aromatic rings. The van der Waals surface area contributed by atoms with Crippen LogP contribution in [0.15, 0.2) is 24.5 Å². The summed E-state index contributed by atoms with van der Waals surface area (Å²) in [4.78, 5) is 14.3. The van der Waals surface area contributed by atoms with E-state index in [0.717, 1.165) is 12.0 Å². The molecule has 1 radical (unpaired) electrons. The Morgan fingerprint density at radius 3 is 3.08 bits per heavy atom. The van der Waals surface area contributed by atoms with E-state index < -0.39 is 0 Å². The van der Waals surface area contributed by atoms with E-state index in [0.29, 0.717) is 6.42 Å². The average Bonchev–Trinajstić information content (AvgIpc) is 2.05. The van der Waals surface area contributed by atoms with Crippen LogP contribution in [0.1, 0.15) is 12.0 Å². The van der Waals surface area contributed by atoms with E-state index >= 15 is 0 Å². The lowest BCUT2D eigenvalue weighted by molar-refractivity contribution is -0.117. The Morgan fingerprint density at radius 1 is 1.67 bits per heavy atom. The monoisotopic (exact) mass is 163 g/mol. The highest BCUT2D eigenvalue weighted by molar-refractivity contribution is 5.74. The molecule has 1 heterocycles.